The highest BCUT2D eigenvalue weighted by atomic mass is 32.2. The maximum atomic E-state index is 11.9. The van der Waals surface area contributed by atoms with Gasteiger partial charge in [-0.05, 0) is 6.92 Å². The maximum Gasteiger partial charge on any atom is 0.231 e. The Bertz CT molecular complexity index is 708. The fraction of sp³-hybridized carbons (Fsp3) is 0.364. The van der Waals surface area contributed by atoms with Gasteiger partial charge in [-0.3, -0.25) is 14.6 Å². The van der Waals surface area contributed by atoms with Gasteiger partial charge in [0.1, 0.15) is 0 Å². The number of H-pyrrole nitrogens is 1. The second-order valence-electron chi connectivity index (χ2n) is 4.52. The molecule has 0 radical (unpaired) electrons. The van der Waals surface area contributed by atoms with Crippen LogP contribution >= 0.6 is 11.3 Å². The lowest BCUT2D eigenvalue weighted by molar-refractivity contribution is -0.121. The lowest BCUT2D eigenvalue weighted by Gasteiger charge is -2.11. The summed E-state index contributed by atoms with van der Waals surface area (Å²) in [4.78, 5) is 16.0. The number of thiazole rings is 1. The van der Waals surface area contributed by atoms with Gasteiger partial charge in [-0.15, -0.1) is 11.3 Å². The zero-order valence-electron chi connectivity index (χ0n) is 11.5. The lowest BCUT2D eigenvalue weighted by atomic mass is 10.2. The number of carbonyl (C=O) groups excluding carboxylic acids is 1. The molecule has 21 heavy (non-hydrogen) atoms. The molecule has 0 aliphatic carbocycles. The van der Waals surface area contributed by atoms with E-state index in [-0.39, 0.29) is 23.5 Å². The zero-order valence-corrected chi connectivity index (χ0v) is 13.1. The number of carbonyl (C=O) groups is 1. The Hall–Kier alpha value is -1.94. The summed E-state index contributed by atoms with van der Waals surface area (Å²) < 4.78 is 24.4. The molecule has 2 rings (SSSR count). The summed E-state index contributed by atoms with van der Waals surface area (Å²) in [5.74, 6) is -0.195. The molecule has 0 aliphatic heterocycles. The normalized spacial score (nSPS) is 12.9. The molecule has 0 fully saturated rings. The van der Waals surface area contributed by atoms with Crippen molar-refractivity contribution in [3.63, 3.8) is 0 Å². The van der Waals surface area contributed by atoms with Crippen molar-refractivity contribution in [1.82, 2.24) is 20.5 Å². The smallest absolute Gasteiger partial charge is 0.231 e. The van der Waals surface area contributed by atoms with E-state index in [2.05, 4.69) is 25.2 Å². The molecule has 1 amide bonds. The standard InChI is InChI=1S/C11H15N5O3S2/c1-7(8-4-12-13-5-8)14-10(17)3-9-6-20-11(15-9)16-21(2,18)19/h4-7H,3H2,1-2H3,(H,12,13)(H,14,17)(H,15,16). The van der Waals surface area contributed by atoms with Crippen LogP contribution in [0.2, 0.25) is 0 Å². The predicted octanol–water partition coefficient (Wildman–Crippen LogP) is 0.658. The number of sulfonamides is 1. The lowest BCUT2D eigenvalue weighted by Crippen LogP contribution is -2.28. The number of rotatable bonds is 6. The number of nitrogens with one attached hydrogen (secondary N) is 3. The molecule has 1 unspecified atom stereocenters. The Balaban J connectivity index is 1.91. The summed E-state index contributed by atoms with van der Waals surface area (Å²) in [5, 5.41) is 11.2. The zero-order chi connectivity index (χ0) is 15.5. The highest BCUT2D eigenvalue weighted by Gasteiger charge is 2.13. The van der Waals surface area contributed by atoms with E-state index in [0.29, 0.717) is 5.69 Å². The summed E-state index contributed by atoms with van der Waals surface area (Å²) in [5.41, 5.74) is 1.39. The Kier molecular flexibility index (Phi) is 4.58. The summed E-state index contributed by atoms with van der Waals surface area (Å²) >= 11 is 1.14. The van der Waals surface area contributed by atoms with Crippen LogP contribution in [0.25, 0.3) is 0 Å². The molecule has 10 heteroatoms. The van der Waals surface area contributed by atoms with Gasteiger partial charge >= 0.3 is 0 Å². The van der Waals surface area contributed by atoms with Crippen LogP contribution in [0.15, 0.2) is 17.8 Å². The molecule has 2 aromatic rings. The van der Waals surface area contributed by atoms with Gasteiger partial charge in [-0.25, -0.2) is 13.4 Å². The van der Waals surface area contributed by atoms with Crippen molar-refractivity contribution in [3.05, 3.63) is 29.0 Å². The fourth-order valence-electron chi connectivity index (χ4n) is 1.63. The number of hydrogen-bond acceptors (Lipinski definition) is 6. The van der Waals surface area contributed by atoms with Crippen LogP contribution in [0, 0.1) is 0 Å². The van der Waals surface area contributed by atoms with Crippen LogP contribution in [0.4, 0.5) is 5.13 Å². The van der Waals surface area contributed by atoms with Crippen LogP contribution in [-0.4, -0.2) is 35.8 Å². The number of aromatic amines is 1. The molecule has 0 aliphatic rings. The van der Waals surface area contributed by atoms with E-state index in [1.165, 1.54) is 0 Å². The number of aromatic nitrogens is 3. The first-order chi connectivity index (χ1) is 9.83. The molecular weight excluding hydrogens is 314 g/mol. The van der Waals surface area contributed by atoms with Gasteiger partial charge < -0.3 is 5.32 Å². The van der Waals surface area contributed by atoms with E-state index in [1.54, 1.807) is 17.8 Å². The molecular formula is C11H15N5O3S2. The summed E-state index contributed by atoms with van der Waals surface area (Å²) in [6, 6.07) is -0.163. The molecule has 0 saturated heterocycles. The van der Waals surface area contributed by atoms with E-state index < -0.39 is 10.0 Å². The molecule has 0 spiro atoms. The number of hydrogen-bond donors (Lipinski definition) is 3. The van der Waals surface area contributed by atoms with Crippen molar-refractivity contribution in [2.24, 2.45) is 0 Å². The number of nitrogens with zero attached hydrogens (tertiary/aromatic N) is 2. The summed E-state index contributed by atoms with van der Waals surface area (Å²) in [6.07, 6.45) is 4.49. The quantitative estimate of drug-likeness (QED) is 0.719. The Labute approximate surface area is 126 Å². The van der Waals surface area contributed by atoms with Gasteiger partial charge in [0.25, 0.3) is 0 Å². The van der Waals surface area contributed by atoms with E-state index in [1.807, 2.05) is 6.92 Å². The molecule has 0 bridgehead atoms. The first-order valence-corrected chi connectivity index (χ1v) is 8.81. The predicted molar refractivity (Wildman–Crippen MR) is 79.4 cm³/mol. The highest BCUT2D eigenvalue weighted by molar-refractivity contribution is 7.92. The largest absolute Gasteiger partial charge is 0.349 e. The fourth-order valence-corrected chi connectivity index (χ4v) is 3.19. The highest BCUT2D eigenvalue weighted by Crippen LogP contribution is 2.17. The third-order valence-corrected chi connectivity index (χ3v) is 4.06. The molecule has 0 aromatic carbocycles. The number of amides is 1. The van der Waals surface area contributed by atoms with Gasteiger partial charge in [0.2, 0.25) is 15.9 Å². The van der Waals surface area contributed by atoms with Gasteiger partial charge in [-0.2, -0.15) is 5.10 Å². The summed E-state index contributed by atoms with van der Waals surface area (Å²) in [6.45, 7) is 1.85. The topological polar surface area (TPSA) is 117 Å². The van der Waals surface area contributed by atoms with Crippen molar-refractivity contribution >= 4 is 32.4 Å². The number of anilines is 1. The minimum absolute atomic E-state index is 0.0874. The van der Waals surface area contributed by atoms with Crippen molar-refractivity contribution in [1.29, 1.82) is 0 Å². The second kappa shape index (κ2) is 6.22. The van der Waals surface area contributed by atoms with Crippen LogP contribution in [0.5, 0.6) is 0 Å². The molecule has 114 valence electrons. The van der Waals surface area contributed by atoms with E-state index in [9.17, 15) is 13.2 Å². The molecule has 3 N–H and O–H groups in total. The second-order valence-corrected chi connectivity index (χ2v) is 7.12. The first-order valence-electron chi connectivity index (χ1n) is 6.04. The van der Waals surface area contributed by atoms with Crippen LogP contribution in [0.1, 0.15) is 24.2 Å². The minimum atomic E-state index is -3.35. The van der Waals surface area contributed by atoms with E-state index in [4.69, 9.17) is 0 Å². The van der Waals surface area contributed by atoms with Gasteiger partial charge in [0.15, 0.2) is 5.13 Å². The Morgan fingerprint density at radius 2 is 2.29 bits per heavy atom. The third-order valence-electron chi connectivity index (χ3n) is 2.56. The minimum Gasteiger partial charge on any atom is -0.349 e. The van der Waals surface area contributed by atoms with Crippen LogP contribution < -0.4 is 10.0 Å². The average Bonchev–Trinajstić information content (AvgIpc) is 2.98. The van der Waals surface area contributed by atoms with Crippen molar-refractivity contribution < 1.29 is 13.2 Å². The molecule has 8 nitrogen and oxygen atoms in total. The maximum absolute atomic E-state index is 11.9. The molecule has 2 aromatic heterocycles. The van der Waals surface area contributed by atoms with Crippen LogP contribution in [-0.2, 0) is 21.2 Å². The van der Waals surface area contributed by atoms with Crippen molar-refractivity contribution in [2.75, 3.05) is 11.0 Å². The average molecular weight is 329 g/mol. The van der Waals surface area contributed by atoms with E-state index in [0.717, 1.165) is 23.2 Å². The van der Waals surface area contributed by atoms with Crippen molar-refractivity contribution in [2.45, 2.75) is 19.4 Å². The first kappa shape index (κ1) is 15.4. The van der Waals surface area contributed by atoms with E-state index >= 15 is 0 Å². The van der Waals surface area contributed by atoms with Crippen LogP contribution in [0.3, 0.4) is 0 Å². The molecule has 2 heterocycles. The summed E-state index contributed by atoms with van der Waals surface area (Å²) in [7, 11) is -3.35. The monoisotopic (exact) mass is 329 g/mol. The molecule has 1 atom stereocenters. The third kappa shape index (κ3) is 4.83. The van der Waals surface area contributed by atoms with Gasteiger partial charge in [0.05, 0.1) is 30.6 Å². The Morgan fingerprint density at radius 3 is 2.90 bits per heavy atom. The van der Waals surface area contributed by atoms with Gasteiger partial charge in [0, 0.05) is 17.1 Å². The Morgan fingerprint density at radius 1 is 1.52 bits per heavy atom. The SMILES string of the molecule is CC(NC(=O)Cc1csc(NS(C)(=O)=O)n1)c1cn[nH]c1. The van der Waals surface area contributed by atoms with Gasteiger partial charge in [-0.1, -0.05) is 0 Å². The van der Waals surface area contributed by atoms with Crippen molar-refractivity contribution in [3.8, 4) is 0 Å². The molecule has 0 saturated carbocycles.